The minimum atomic E-state index is -0.343. The van der Waals surface area contributed by atoms with Gasteiger partial charge in [0.2, 0.25) is 0 Å². The fourth-order valence-electron chi connectivity index (χ4n) is 1.92. The molecule has 0 aliphatic rings. The summed E-state index contributed by atoms with van der Waals surface area (Å²) in [4.78, 5) is 2.01. The van der Waals surface area contributed by atoms with Gasteiger partial charge in [0.15, 0.2) is 0 Å². The normalized spacial score (nSPS) is 10.8. The Hall–Kier alpha value is -1.17. The molecule has 0 aromatic heterocycles. The fourth-order valence-corrected chi connectivity index (χ4v) is 1.92. The average Bonchev–Trinajstić information content (AvgIpc) is 2.45. The van der Waals surface area contributed by atoms with Gasteiger partial charge in [0.05, 0.1) is 19.8 Å². The molecule has 20 heavy (non-hydrogen) atoms. The third kappa shape index (κ3) is 5.86. The van der Waals surface area contributed by atoms with E-state index in [-0.39, 0.29) is 12.4 Å². The summed E-state index contributed by atoms with van der Waals surface area (Å²) < 4.78 is 24.3. The Bertz CT molecular complexity index is 377. The minimum Gasteiger partial charge on any atom is -0.392 e. The van der Waals surface area contributed by atoms with Crippen molar-refractivity contribution >= 4 is 5.69 Å². The van der Waals surface area contributed by atoms with Crippen molar-refractivity contribution in [1.82, 2.24) is 0 Å². The minimum absolute atomic E-state index is 0.171. The number of aliphatic hydroxyl groups excluding tert-OH is 1. The Morgan fingerprint density at radius 3 is 2.15 bits per heavy atom. The zero-order chi connectivity index (χ0) is 14.8. The van der Waals surface area contributed by atoms with Crippen molar-refractivity contribution in [2.24, 2.45) is 0 Å². The van der Waals surface area contributed by atoms with Gasteiger partial charge in [-0.2, -0.15) is 0 Å². The van der Waals surface area contributed by atoms with Crippen molar-refractivity contribution in [1.29, 1.82) is 0 Å². The van der Waals surface area contributed by atoms with Gasteiger partial charge in [0.25, 0.3) is 0 Å². The molecule has 0 amide bonds. The first-order chi connectivity index (χ1) is 9.71. The van der Waals surface area contributed by atoms with Crippen LogP contribution in [0.2, 0.25) is 0 Å². The largest absolute Gasteiger partial charge is 0.392 e. The molecule has 0 bridgehead atoms. The molecule has 0 fully saturated rings. The van der Waals surface area contributed by atoms with Crippen LogP contribution in [0.5, 0.6) is 0 Å². The second kappa shape index (κ2) is 9.69. The second-order valence-electron chi connectivity index (χ2n) is 4.36. The number of anilines is 1. The number of benzene rings is 1. The smallest absolute Gasteiger partial charge is 0.125 e. The van der Waals surface area contributed by atoms with Gasteiger partial charge in [-0.1, -0.05) is 0 Å². The van der Waals surface area contributed by atoms with Crippen LogP contribution in [0.1, 0.15) is 19.4 Å². The van der Waals surface area contributed by atoms with Crippen molar-refractivity contribution in [3.05, 3.63) is 29.6 Å². The Balaban J connectivity index is 2.75. The molecule has 1 rings (SSSR count). The zero-order valence-electron chi connectivity index (χ0n) is 12.3. The summed E-state index contributed by atoms with van der Waals surface area (Å²) in [7, 11) is 0. The third-order valence-electron chi connectivity index (χ3n) is 2.91. The first-order valence-corrected chi connectivity index (χ1v) is 7.02. The van der Waals surface area contributed by atoms with Gasteiger partial charge < -0.3 is 19.5 Å². The van der Waals surface area contributed by atoms with Crippen LogP contribution in [0.4, 0.5) is 10.1 Å². The van der Waals surface area contributed by atoms with Crippen molar-refractivity contribution < 1.29 is 19.0 Å². The fraction of sp³-hybridized carbons (Fsp3) is 0.600. The van der Waals surface area contributed by atoms with Crippen LogP contribution in [0.15, 0.2) is 18.2 Å². The van der Waals surface area contributed by atoms with Crippen molar-refractivity contribution in [2.45, 2.75) is 20.5 Å². The predicted molar refractivity (Wildman–Crippen MR) is 77.5 cm³/mol. The Labute approximate surface area is 120 Å². The highest BCUT2D eigenvalue weighted by molar-refractivity contribution is 5.49. The first kappa shape index (κ1) is 16.9. The van der Waals surface area contributed by atoms with Gasteiger partial charge in [-0.3, -0.25) is 0 Å². The molecule has 5 heteroatoms. The molecule has 4 nitrogen and oxygen atoms in total. The van der Waals surface area contributed by atoms with E-state index in [0.717, 1.165) is 5.69 Å². The summed E-state index contributed by atoms with van der Waals surface area (Å²) in [6.45, 7) is 7.50. The van der Waals surface area contributed by atoms with Crippen LogP contribution in [0.25, 0.3) is 0 Å². The van der Waals surface area contributed by atoms with E-state index < -0.39 is 0 Å². The monoisotopic (exact) mass is 285 g/mol. The molecule has 0 aliphatic heterocycles. The van der Waals surface area contributed by atoms with Crippen LogP contribution < -0.4 is 4.90 Å². The van der Waals surface area contributed by atoms with Crippen LogP contribution >= 0.6 is 0 Å². The maximum atomic E-state index is 13.6. The summed E-state index contributed by atoms with van der Waals surface area (Å²) in [5, 5.41) is 9.16. The molecule has 1 N–H and O–H groups in total. The highest BCUT2D eigenvalue weighted by Gasteiger charge is 2.09. The first-order valence-electron chi connectivity index (χ1n) is 7.02. The van der Waals surface area contributed by atoms with Gasteiger partial charge in [-0.05, 0) is 37.6 Å². The van der Waals surface area contributed by atoms with E-state index in [9.17, 15) is 4.39 Å². The Morgan fingerprint density at radius 2 is 1.65 bits per heavy atom. The lowest BCUT2D eigenvalue weighted by atomic mass is 10.2. The number of aliphatic hydroxyl groups is 1. The SMILES string of the molecule is CCOCCN(CCOCC)c1cc(F)cc(CO)c1. The predicted octanol–water partition coefficient (Wildman–Crippen LogP) is 2.20. The number of hydrogen-bond donors (Lipinski definition) is 1. The van der Waals surface area contributed by atoms with E-state index in [0.29, 0.717) is 45.1 Å². The summed E-state index contributed by atoms with van der Waals surface area (Å²) in [6.07, 6.45) is 0. The summed E-state index contributed by atoms with van der Waals surface area (Å²) in [6, 6.07) is 4.60. The number of nitrogens with zero attached hydrogens (tertiary/aromatic N) is 1. The molecule has 1 aromatic carbocycles. The van der Waals surface area contributed by atoms with Gasteiger partial charge in [0, 0.05) is 32.0 Å². The van der Waals surface area contributed by atoms with Gasteiger partial charge in [-0.25, -0.2) is 4.39 Å². The molecule has 0 unspecified atom stereocenters. The number of halogens is 1. The van der Waals surface area contributed by atoms with Crippen LogP contribution in [-0.2, 0) is 16.1 Å². The van der Waals surface area contributed by atoms with Crippen LogP contribution in [0.3, 0.4) is 0 Å². The van der Waals surface area contributed by atoms with Crippen LogP contribution in [-0.4, -0.2) is 44.6 Å². The Kier molecular flexibility index (Phi) is 8.18. The Morgan fingerprint density at radius 1 is 1.05 bits per heavy atom. The highest BCUT2D eigenvalue weighted by Crippen LogP contribution is 2.18. The maximum absolute atomic E-state index is 13.6. The van der Waals surface area contributed by atoms with Crippen molar-refractivity contribution in [3.63, 3.8) is 0 Å². The molecular weight excluding hydrogens is 261 g/mol. The van der Waals surface area contributed by atoms with E-state index in [2.05, 4.69) is 0 Å². The second-order valence-corrected chi connectivity index (χ2v) is 4.36. The number of rotatable bonds is 10. The molecule has 0 spiro atoms. The molecular formula is C15H24FNO3. The zero-order valence-corrected chi connectivity index (χ0v) is 12.3. The van der Waals surface area contributed by atoms with E-state index in [4.69, 9.17) is 14.6 Å². The van der Waals surface area contributed by atoms with E-state index in [1.807, 2.05) is 18.7 Å². The van der Waals surface area contributed by atoms with Crippen molar-refractivity contribution in [2.75, 3.05) is 44.4 Å². The van der Waals surface area contributed by atoms with Crippen molar-refractivity contribution in [3.8, 4) is 0 Å². The number of hydrogen-bond acceptors (Lipinski definition) is 4. The lowest BCUT2D eigenvalue weighted by Crippen LogP contribution is -2.31. The molecule has 0 saturated carbocycles. The molecule has 0 radical (unpaired) electrons. The van der Waals surface area contributed by atoms with E-state index >= 15 is 0 Å². The average molecular weight is 285 g/mol. The van der Waals surface area contributed by atoms with E-state index in [1.54, 1.807) is 6.07 Å². The van der Waals surface area contributed by atoms with Gasteiger partial charge >= 0.3 is 0 Å². The topological polar surface area (TPSA) is 41.9 Å². The molecule has 0 saturated heterocycles. The standard InChI is InChI=1S/C15H24FNO3/c1-3-19-7-5-17(6-8-20-4-2)15-10-13(12-18)9-14(16)11-15/h9-11,18H,3-8,12H2,1-2H3. The van der Waals surface area contributed by atoms with Gasteiger partial charge in [-0.15, -0.1) is 0 Å². The summed E-state index contributed by atoms with van der Waals surface area (Å²) >= 11 is 0. The maximum Gasteiger partial charge on any atom is 0.125 e. The van der Waals surface area contributed by atoms with Gasteiger partial charge in [0.1, 0.15) is 5.82 Å². The molecule has 0 aliphatic carbocycles. The summed E-state index contributed by atoms with van der Waals surface area (Å²) in [5.41, 5.74) is 1.31. The lowest BCUT2D eigenvalue weighted by Gasteiger charge is -2.25. The lowest BCUT2D eigenvalue weighted by molar-refractivity contribution is 0.141. The van der Waals surface area contributed by atoms with Crippen LogP contribution in [0, 0.1) is 5.82 Å². The molecule has 0 heterocycles. The molecule has 1 aromatic rings. The number of ether oxygens (including phenoxy) is 2. The summed E-state index contributed by atoms with van der Waals surface area (Å²) in [5.74, 6) is -0.343. The van der Waals surface area contributed by atoms with E-state index in [1.165, 1.54) is 12.1 Å². The quantitative estimate of drug-likeness (QED) is 0.669. The highest BCUT2D eigenvalue weighted by atomic mass is 19.1. The third-order valence-corrected chi connectivity index (χ3v) is 2.91. The molecule has 0 atom stereocenters. The molecule has 114 valence electrons.